The Morgan fingerprint density at radius 3 is 3.12 bits per heavy atom. The Balaban J connectivity index is 1.77. The van der Waals surface area contributed by atoms with Crippen LogP contribution < -0.4 is 10.1 Å². The topological polar surface area (TPSA) is 66.9 Å². The predicted molar refractivity (Wildman–Crippen MR) is 93.3 cm³/mol. The van der Waals surface area contributed by atoms with E-state index in [9.17, 15) is 5.11 Å². The van der Waals surface area contributed by atoms with Gasteiger partial charge in [0.15, 0.2) is 0 Å². The van der Waals surface area contributed by atoms with Gasteiger partial charge in [-0.25, -0.2) is 0 Å². The molecule has 1 saturated heterocycles. The molecule has 0 amide bonds. The number of rotatable bonds is 5. The first-order valence-corrected chi connectivity index (χ1v) is 8.21. The first kappa shape index (κ1) is 17.1. The van der Waals surface area contributed by atoms with Gasteiger partial charge in [0.05, 0.1) is 20.3 Å². The number of β-amino-alcohol motifs (C(OH)–C–C–N with tert-alkyl or cyclic N) is 1. The first-order chi connectivity index (χ1) is 11.6. The first-order valence-electron chi connectivity index (χ1n) is 8.21. The summed E-state index contributed by atoms with van der Waals surface area (Å²) in [7, 11) is 3.67. The number of aromatic nitrogens is 1. The van der Waals surface area contributed by atoms with Gasteiger partial charge in [0.1, 0.15) is 16.9 Å². The van der Waals surface area contributed by atoms with Crippen molar-refractivity contribution in [2.75, 3.05) is 47.0 Å². The molecule has 1 atom stereocenters. The second-order valence-corrected chi connectivity index (χ2v) is 6.45. The maximum absolute atomic E-state index is 10.7. The summed E-state index contributed by atoms with van der Waals surface area (Å²) in [6.07, 6.45) is 1.77. The van der Waals surface area contributed by atoms with Gasteiger partial charge in [0.2, 0.25) is 0 Å². The lowest BCUT2D eigenvalue weighted by Gasteiger charge is -2.31. The molecular weight excluding hydrogens is 306 g/mol. The van der Waals surface area contributed by atoms with Crippen LogP contribution in [0.15, 0.2) is 30.5 Å². The van der Waals surface area contributed by atoms with Crippen LogP contribution in [-0.4, -0.2) is 67.6 Å². The van der Waals surface area contributed by atoms with Crippen molar-refractivity contribution in [2.24, 2.45) is 0 Å². The summed E-state index contributed by atoms with van der Waals surface area (Å²) in [5, 5.41) is 15.0. The Morgan fingerprint density at radius 1 is 1.42 bits per heavy atom. The van der Waals surface area contributed by atoms with E-state index >= 15 is 0 Å². The number of hydrogen-bond donors (Lipinski definition) is 2. The Hall–Kier alpha value is -1.73. The summed E-state index contributed by atoms with van der Waals surface area (Å²) >= 11 is 0. The molecule has 1 aliphatic rings. The number of hydrogen-bond acceptors (Lipinski definition) is 6. The van der Waals surface area contributed by atoms with Gasteiger partial charge in [-0.3, -0.25) is 9.88 Å². The summed E-state index contributed by atoms with van der Waals surface area (Å²) in [5.74, 6) is 0.775. The molecule has 2 heterocycles. The molecule has 0 spiro atoms. The van der Waals surface area contributed by atoms with E-state index in [4.69, 9.17) is 9.47 Å². The second kappa shape index (κ2) is 7.44. The zero-order valence-electron chi connectivity index (χ0n) is 14.3. The lowest BCUT2D eigenvalue weighted by atomic mass is 10.0. The number of fused-ring (bicyclic) bond motifs is 1. The van der Waals surface area contributed by atoms with E-state index in [0.29, 0.717) is 32.8 Å². The van der Waals surface area contributed by atoms with Gasteiger partial charge in [-0.1, -0.05) is 12.1 Å². The molecule has 0 aliphatic carbocycles. The minimum atomic E-state index is -0.869. The largest absolute Gasteiger partial charge is 0.494 e. The van der Waals surface area contributed by atoms with Crippen molar-refractivity contribution in [3.8, 4) is 5.75 Å². The Labute approximate surface area is 142 Å². The van der Waals surface area contributed by atoms with Crippen LogP contribution >= 0.6 is 0 Å². The summed E-state index contributed by atoms with van der Waals surface area (Å²) in [4.78, 5) is 6.55. The summed E-state index contributed by atoms with van der Waals surface area (Å²) in [6.45, 7) is 3.57. The summed E-state index contributed by atoms with van der Waals surface area (Å²) < 4.78 is 10.9. The molecule has 1 fully saturated rings. The quantitative estimate of drug-likeness (QED) is 0.853. The molecule has 1 aromatic heterocycles. The van der Waals surface area contributed by atoms with E-state index in [0.717, 1.165) is 28.8 Å². The van der Waals surface area contributed by atoms with Crippen molar-refractivity contribution in [3.05, 3.63) is 36.0 Å². The Kier molecular flexibility index (Phi) is 5.30. The van der Waals surface area contributed by atoms with Crippen molar-refractivity contribution >= 4 is 10.9 Å². The number of ether oxygens (including phenoxy) is 2. The second-order valence-electron chi connectivity index (χ2n) is 6.45. The van der Waals surface area contributed by atoms with Crippen molar-refractivity contribution in [3.63, 3.8) is 0 Å². The number of pyridine rings is 1. The number of likely N-dealkylation sites (N-methyl/N-ethyl adjacent to an activating group) is 1. The minimum absolute atomic E-state index is 0.356. The molecule has 2 aromatic rings. The third-order valence-corrected chi connectivity index (χ3v) is 4.30. The highest BCUT2D eigenvalue weighted by Crippen LogP contribution is 2.27. The molecule has 6 heteroatoms. The van der Waals surface area contributed by atoms with Crippen molar-refractivity contribution in [1.29, 1.82) is 0 Å². The number of nitrogens with one attached hydrogen (secondary N) is 1. The third-order valence-electron chi connectivity index (χ3n) is 4.30. The van der Waals surface area contributed by atoms with Crippen LogP contribution in [0.4, 0.5) is 0 Å². The molecule has 6 nitrogen and oxygen atoms in total. The van der Waals surface area contributed by atoms with Gasteiger partial charge in [-0.05, 0) is 24.7 Å². The smallest absolute Gasteiger partial charge is 0.145 e. The van der Waals surface area contributed by atoms with Gasteiger partial charge >= 0.3 is 0 Å². The van der Waals surface area contributed by atoms with Crippen LogP contribution in [0.3, 0.4) is 0 Å². The average Bonchev–Trinajstić information content (AvgIpc) is 2.79. The number of methoxy groups -OCH3 is 1. The highest BCUT2D eigenvalue weighted by atomic mass is 16.5. The Bertz CT molecular complexity index is 684. The van der Waals surface area contributed by atoms with Crippen molar-refractivity contribution < 1.29 is 14.6 Å². The monoisotopic (exact) mass is 331 g/mol. The van der Waals surface area contributed by atoms with E-state index in [1.807, 2.05) is 19.2 Å². The van der Waals surface area contributed by atoms with Crippen LogP contribution in [0.25, 0.3) is 10.9 Å². The van der Waals surface area contributed by atoms with Gasteiger partial charge in [0, 0.05) is 37.8 Å². The summed E-state index contributed by atoms with van der Waals surface area (Å²) in [5.41, 5.74) is 1.16. The van der Waals surface area contributed by atoms with E-state index in [-0.39, 0.29) is 0 Å². The molecule has 3 rings (SSSR count). The lowest BCUT2D eigenvalue weighted by Crippen LogP contribution is -2.50. The predicted octanol–water partition coefficient (Wildman–Crippen LogP) is 1.03. The van der Waals surface area contributed by atoms with Crippen LogP contribution in [0.5, 0.6) is 5.75 Å². The zero-order valence-corrected chi connectivity index (χ0v) is 14.3. The molecule has 130 valence electrons. The van der Waals surface area contributed by atoms with E-state index in [2.05, 4.69) is 27.3 Å². The van der Waals surface area contributed by atoms with Crippen LogP contribution in [-0.2, 0) is 11.3 Å². The van der Waals surface area contributed by atoms with E-state index < -0.39 is 5.60 Å². The maximum atomic E-state index is 10.7. The molecule has 1 aromatic carbocycles. The minimum Gasteiger partial charge on any atom is -0.494 e. The fraction of sp³-hybridized carbons (Fsp3) is 0.500. The van der Waals surface area contributed by atoms with Crippen molar-refractivity contribution in [2.45, 2.75) is 12.1 Å². The maximum Gasteiger partial charge on any atom is 0.145 e. The Morgan fingerprint density at radius 2 is 2.29 bits per heavy atom. The molecule has 1 unspecified atom stereocenters. The van der Waals surface area contributed by atoms with Crippen molar-refractivity contribution in [1.82, 2.24) is 15.2 Å². The third kappa shape index (κ3) is 3.84. The number of benzene rings is 1. The molecular formula is C18H25N3O3. The molecule has 0 saturated carbocycles. The number of nitrogens with zero attached hydrogens (tertiary/aromatic N) is 2. The van der Waals surface area contributed by atoms with E-state index in [1.54, 1.807) is 13.3 Å². The molecule has 0 radical (unpaired) electrons. The highest BCUT2D eigenvalue weighted by molar-refractivity contribution is 5.87. The highest BCUT2D eigenvalue weighted by Gasteiger charge is 2.30. The van der Waals surface area contributed by atoms with Crippen LogP contribution in [0.1, 0.15) is 5.56 Å². The molecule has 2 N–H and O–H groups in total. The normalized spacial score (nSPS) is 21.8. The molecule has 24 heavy (non-hydrogen) atoms. The fourth-order valence-electron chi connectivity index (χ4n) is 3.24. The fourth-order valence-corrected chi connectivity index (χ4v) is 3.24. The average molecular weight is 331 g/mol. The van der Waals surface area contributed by atoms with Crippen LogP contribution in [0, 0.1) is 0 Å². The van der Waals surface area contributed by atoms with E-state index in [1.165, 1.54) is 0 Å². The van der Waals surface area contributed by atoms with Gasteiger partial charge in [0.25, 0.3) is 0 Å². The SMILES string of the molecule is COc1ccc(CN(C)CC2(O)CNCCOC2)c2cccnc12. The summed E-state index contributed by atoms with van der Waals surface area (Å²) in [6, 6.07) is 8.00. The van der Waals surface area contributed by atoms with Gasteiger partial charge < -0.3 is 19.9 Å². The zero-order chi connectivity index (χ0) is 17.0. The van der Waals surface area contributed by atoms with Gasteiger partial charge in [-0.2, -0.15) is 0 Å². The molecule has 1 aliphatic heterocycles. The van der Waals surface area contributed by atoms with Crippen LogP contribution in [0.2, 0.25) is 0 Å². The van der Waals surface area contributed by atoms with Gasteiger partial charge in [-0.15, -0.1) is 0 Å². The lowest BCUT2D eigenvalue weighted by molar-refractivity contribution is -0.0461. The molecule has 0 bridgehead atoms. The standard InChI is InChI=1S/C18H25N3O3/c1-21(12-18(22)11-19-8-9-24-13-18)10-14-5-6-16(23-2)17-15(14)4-3-7-20-17/h3-7,19,22H,8-13H2,1-2H3. The number of aliphatic hydroxyl groups is 1.